The number of Topliss-reactive ketones (excluding diaryl/α,β-unsaturated/α-hetero) is 1. The topological polar surface area (TPSA) is 55.8 Å². The largest absolute Gasteiger partial charge is 0.503 e. The van der Waals surface area contributed by atoms with Crippen LogP contribution in [0.5, 0.6) is 17.2 Å². The third-order valence-corrected chi connectivity index (χ3v) is 4.02. The van der Waals surface area contributed by atoms with E-state index in [4.69, 9.17) is 9.47 Å². The second-order valence-corrected chi connectivity index (χ2v) is 5.69. The van der Waals surface area contributed by atoms with Crippen molar-refractivity contribution in [2.24, 2.45) is 0 Å². The fourth-order valence-corrected chi connectivity index (χ4v) is 2.77. The van der Waals surface area contributed by atoms with Crippen molar-refractivity contribution in [3.05, 3.63) is 57.6 Å². The smallest absolute Gasteiger partial charge is 0.196 e. The van der Waals surface area contributed by atoms with Gasteiger partial charge in [0.15, 0.2) is 17.3 Å². The summed E-state index contributed by atoms with van der Waals surface area (Å²) in [5, 5.41) is 9.83. The SMILES string of the molecule is COc1cc(/C=C2/COc3ccccc3C2=O)cc(Br)c1O. The highest BCUT2D eigenvalue weighted by molar-refractivity contribution is 9.10. The van der Waals surface area contributed by atoms with Gasteiger partial charge in [0.2, 0.25) is 0 Å². The second kappa shape index (κ2) is 5.85. The average molecular weight is 361 g/mol. The maximum Gasteiger partial charge on any atom is 0.196 e. The quantitative estimate of drug-likeness (QED) is 0.827. The third kappa shape index (κ3) is 2.60. The van der Waals surface area contributed by atoms with Gasteiger partial charge in [-0.1, -0.05) is 12.1 Å². The van der Waals surface area contributed by atoms with Crippen LogP contribution in [0.15, 0.2) is 46.4 Å². The van der Waals surface area contributed by atoms with Gasteiger partial charge in [-0.15, -0.1) is 0 Å². The number of carbonyl (C=O) groups is 1. The maximum atomic E-state index is 12.5. The number of hydrogen-bond donors (Lipinski definition) is 1. The van der Waals surface area contributed by atoms with Crippen LogP contribution in [0, 0.1) is 0 Å². The summed E-state index contributed by atoms with van der Waals surface area (Å²) in [5.41, 5.74) is 1.86. The molecule has 0 unspecified atom stereocenters. The summed E-state index contributed by atoms with van der Waals surface area (Å²) in [6, 6.07) is 10.6. The number of carbonyl (C=O) groups excluding carboxylic acids is 1. The Bertz CT molecular complexity index is 780. The molecule has 22 heavy (non-hydrogen) atoms. The molecule has 0 saturated carbocycles. The van der Waals surface area contributed by atoms with Crippen LogP contribution in [0.25, 0.3) is 6.08 Å². The first-order chi connectivity index (χ1) is 10.6. The van der Waals surface area contributed by atoms with Crippen LogP contribution in [0.4, 0.5) is 0 Å². The molecule has 1 N–H and O–H groups in total. The van der Waals surface area contributed by atoms with Crippen molar-refractivity contribution >= 4 is 27.8 Å². The van der Waals surface area contributed by atoms with E-state index in [0.717, 1.165) is 5.56 Å². The summed E-state index contributed by atoms with van der Waals surface area (Å²) in [6.45, 7) is 0.219. The zero-order chi connectivity index (χ0) is 15.7. The fourth-order valence-electron chi connectivity index (χ4n) is 2.32. The van der Waals surface area contributed by atoms with Gasteiger partial charge in [-0.25, -0.2) is 0 Å². The van der Waals surface area contributed by atoms with E-state index in [2.05, 4.69) is 15.9 Å². The highest BCUT2D eigenvalue weighted by Gasteiger charge is 2.22. The van der Waals surface area contributed by atoms with E-state index in [1.165, 1.54) is 7.11 Å². The summed E-state index contributed by atoms with van der Waals surface area (Å²) >= 11 is 3.27. The van der Waals surface area contributed by atoms with Crippen molar-refractivity contribution in [1.29, 1.82) is 0 Å². The highest BCUT2D eigenvalue weighted by Crippen LogP contribution is 2.36. The lowest BCUT2D eigenvalue weighted by Gasteiger charge is -2.18. The number of benzene rings is 2. The molecule has 1 heterocycles. The van der Waals surface area contributed by atoms with Crippen molar-refractivity contribution in [2.75, 3.05) is 13.7 Å². The fraction of sp³-hybridized carbons (Fsp3) is 0.118. The zero-order valence-electron chi connectivity index (χ0n) is 11.8. The minimum Gasteiger partial charge on any atom is -0.503 e. The van der Waals surface area contributed by atoms with Gasteiger partial charge in [0.1, 0.15) is 12.4 Å². The molecule has 3 rings (SSSR count). The number of phenols is 1. The van der Waals surface area contributed by atoms with E-state index in [-0.39, 0.29) is 18.1 Å². The van der Waals surface area contributed by atoms with Crippen LogP contribution in [0.1, 0.15) is 15.9 Å². The molecule has 112 valence electrons. The summed E-state index contributed by atoms with van der Waals surface area (Å²) in [6.07, 6.45) is 1.74. The standard InChI is InChI=1S/C17H13BrO4/c1-21-15-8-10(7-13(18)17(15)20)6-11-9-22-14-5-3-2-4-12(14)16(11)19/h2-8,20H,9H2,1H3/b11-6-. The van der Waals surface area contributed by atoms with Gasteiger partial charge >= 0.3 is 0 Å². The number of fused-ring (bicyclic) bond motifs is 1. The van der Waals surface area contributed by atoms with Gasteiger partial charge < -0.3 is 14.6 Å². The van der Waals surface area contributed by atoms with Crippen LogP contribution < -0.4 is 9.47 Å². The molecule has 0 saturated heterocycles. The molecular weight excluding hydrogens is 348 g/mol. The second-order valence-electron chi connectivity index (χ2n) is 4.84. The van der Waals surface area contributed by atoms with Gasteiger partial charge in [0.05, 0.1) is 17.1 Å². The molecule has 0 aromatic heterocycles. The van der Waals surface area contributed by atoms with Gasteiger partial charge in [-0.2, -0.15) is 0 Å². The Balaban J connectivity index is 2.00. The molecule has 0 spiro atoms. The Morgan fingerprint density at radius 3 is 2.86 bits per heavy atom. The number of halogens is 1. The lowest BCUT2D eigenvalue weighted by atomic mass is 9.98. The molecule has 1 aliphatic rings. The Kier molecular flexibility index (Phi) is 3.90. The van der Waals surface area contributed by atoms with Crippen LogP contribution in [0.2, 0.25) is 0 Å². The Hall–Kier alpha value is -2.27. The van der Waals surface area contributed by atoms with Crippen molar-refractivity contribution < 1.29 is 19.4 Å². The molecule has 0 atom stereocenters. The molecule has 0 fully saturated rings. The third-order valence-electron chi connectivity index (χ3n) is 3.42. The van der Waals surface area contributed by atoms with Crippen LogP contribution in [-0.2, 0) is 0 Å². The van der Waals surface area contributed by atoms with E-state index < -0.39 is 0 Å². The van der Waals surface area contributed by atoms with Crippen molar-refractivity contribution in [3.8, 4) is 17.2 Å². The first kappa shape index (κ1) is 14.7. The van der Waals surface area contributed by atoms with E-state index in [1.54, 1.807) is 30.3 Å². The van der Waals surface area contributed by atoms with Gasteiger partial charge in [-0.3, -0.25) is 4.79 Å². The summed E-state index contributed by atoms with van der Waals surface area (Å²) < 4.78 is 11.2. The van der Waals surface area contributed by atoms with E-state index >= 15 is 0 Å². The zero-order valence-corrected chi connectivity index (χ0v) is 13.4. The highest BCUT2D eigenvalue weighted by atomic mass is 79.9. The number of para-hydroxylation sites is 1. The van der Waals surface area contributed by atoms with Crippen LogP contribution in [0.3, 0.4) is 0 Å². The number of aromatic hydroxyl groups is 1. The lowest BCUT2D eigenvalue weighted by molar-refractivity contribution is 0.100. The monoisotopic (exact) mass is 360 g/mol. The number of phenolic OH excluding ortho intramolecular Hbond substituents is 1. The lowest BCUT2D eigenvalue weighted by Crippen LogP contribution is -2.18. The van der Waals surface area contributed by atoms with E-state index in [9.17, 15) is 9.90 Å². The van der Waals surface area contributed by atoms with Crippen molar-refractivity contribution in [2.45, 2.75) is 0 Å². The predicted molar refractivity (Wildman–Crippen MR) is 86.6 cm³/mol. The van der Waals surface area contributed by atoms with Gasteiger partial charge in [-0.05, 0) is 51.8 Å². The summed E-state index contributed by atoms with van der Waals surface area (Å²) in [5.74, 6) is 0.922. The molecule has 0 bridgehead atoms. The minimum absolute atomic E-state index is 0.0289. The molecule has 1 aliphatic heterocycles. The normalized spacial score (nSPS) is 15.4. The maximum absolute atomic E-state index is 12.5. The number of ketones is 1. The number of methoxy groups -OCH3 is 1. The van der Waals surface area contributed by atoms with Crippen LogP contribution >= 0.6 is 15.9 Å². The molecule has 0 aliphatic carbocycles. The Morgan fingerprint density at radius 1 is 1.32 bits per heavy atom. The molecule has 0 radical (unpaired) electrons. The van der Waals surface area contributed by atoms with E-state index in [1.807, 2.05) is 12.1 Å². The first-order valence-electron chi connectivity index (χ1n) is 6.63. The number of rotatable bonds is 2. The van der Waals surface area contributed by atoms with Crippen molar-refractivity contribution in [1.82, 2.24) is 0 Å². The summed E-state index contributed by atoms with van der Waals surface area (Å²) in [7, 11) is 1.48. The minimum atomic E-state index is -0.0509. The number of ether oxygens (including phenoxy) is 2. The molecule has 0 amide bonds. The predicted octanol–water partition coefficient (Wildman–Crippen LogP) is 3.82. The summed E-state index contributed by atoms with van der Waals surface area (Å²) in [4.78, 5) is 12.5. The average Bonchev–Trinajstić information content (AvgIpc) is 2.53. The van der Waals surface area contributed by atoms with Crippen LogP contribution in [-0.4, -0.2) is 24.6 Å². The van der Waals surface area contributed by atoms with Gasteiger partial charge in [0.25, 0.3) is 0 Å². The first-order valence-corrected chi connectivity index (χ1v) is 7.43. The molecular formula is C17H13BrO4. The molecule has 2 aromatic carbocycles. The Labute approximate surface area is 136 Å². The van der Waals surface area contributed by atoms with Crippen molar-refractivity contribution in [3.63, 3.8) is 0 Å². The molecule has 4 nitrogen and oxygen atoms in total. The van der Waals surface area contributed by atoms with E-state index in [0.29, 0.717) is 27.1 Å². The Morgan fingerprint density at radius 2 is 2.09 bits per heavy atom. The molecule has 5 heteroatoms. The van der Waals surface area contributed by atoms with Gasteiger partial charge in [0, 0.05) is 5.57 Å². The molecule has 2 aromatic rings. The number of hydrogen-bond acceptors (Lipinski definition) is 4.